The fourth-order valence-electron chi connectivity index (χ4n) is 3.92. The highest BCUT2D eigenvalue weighted by Gasteiger charge is 2.36. The minimum atomic E-state index is -0.0903. The Morgan fingerprint density at radius 2 is 1.93 bits per heavy atom. The van der Waals surface area contributed by atoms with Crippen LogP contribution in [0.3, 0.4) is 0 Å². The lowest BCUT2D eigenvalue weighted by atomic mass is 10.0. The predicted molar refractivity (Wildman–Crippen MR) is 107 cm³/mol. The number of nitrogens with one attached hydrogen (secondary N) is 1. The van der Waals surface area contributed by atoms with Crippen LogP contribution < -0.4 is 10.5 Å². The van der Waals surface area contributed by atoms with Crippen LogP contribution in [0.1, 0.15) is 18.3 Å². The lowest BCUT2D eigenvalue weighted by molar-refractivity contribution is 0.424. The molecule has 142 valence electrons. The summed E-state index contributed by atoms with van der Waals surface area (Å²) in [6, 6.07) is 13.2. The first-order valence-corrected chi connectivity index (χ1v) is 9.38. The van der Waals surface area contributed by atoms with Crippen molar-refractivity contribution in [1.82, 2.24) is 34.1 Å². The summed E-state index contributed by atoms with van der Waals surface area (Å²) < 4.78 is 3.36. The van der Waals surface area contributed by atoms with Crippen molar-refractivity contribution in [2.75, 3.05) is 11.4 Å². The molecule has 1 N–H and O–H groups in total. The van der Waals surface area contributed by atoms with Gasteiger partial charge in [-0.2, -0.15) is 5.10 Å². The van der Waals surface area contributed by atoms with E-state index in [4.69, 9.17) is 5.10 Å². The second kappa shape index (κ2) is 5.99. The van der Waals surface area contributed by atoms with Gasteiger partial charge in [-0.15, -0.1) is 0 Å². The van der Waals surface area contributed by atoms with E-state index in [1.165, 1.54) is 6.33 Å². The molecule has 9 heteroatoms. The Kier molecular flexibility index (Phi) is 3.31. The van der Waals surface area contributed by atoms with Gasteiger partial charge in [-0.05, 0) is 30.7 Å². The van der Waals surface area contributed by atoms with Crippen LogP contribution in [0.2, 0.25) is 0 Å². The first-order valence-electron chi connectivity index (χ1n) is 9.38. The third-order valence-electron chi connectivity index (χ3n) is 5.40. The summed E-state index contributed by atoms with van der Waals surface area (Å²) in [5, 5.41) is 4.81. The molecule has 0 saturated carbocycles. The molecule has 0 amide bonds. The third kappa shape index (κ3) is 2.30. The van der Waals surface area contributed by atoms with E-state index in [1.807, 2.05) is 36.4 Å². The number of nitrogens with zero attached hydrogens (tertiary/aromatic N) is 7. The van der Waals surface area contributed by atoms with Crippen molar-refractivity contribution in [2.45, 2.75) is 12.5 Å². The molecular formula is C20H16N8O. The van der Waals surface area contributed by atoms with Crippen LogP contribution >= 0.6 is 0 Å². The Balaban J connectivity index is 1.56. The maximum Gasteiger partial charge on any atom is 0.282 e. The van der Waals surface area contributed by atoms with E-state index in [9.17, 15) is 4.79 Å². The van der Waals surface area contributed by atoms with Crippen LogP contribution in [0.4, 0.5) is 5.82 Å². The standard InChI is InChI=1S/C20H16N8O/c29-20-15-7-4-9-27(15)25-18(28(20)13-5-2-1-3-6-13)14-8-10-26(14)19-16-17(22-11-21-16)23-12-24-19/h1-7,9,11-12,14H,8,10H2,(H,21,22,23,24)/t14-/m0/s1. The first-order chi connectivity index (χ1) is 14.3. The van der Waals surface area contributed by atoms with Crippen LogP contribution in [-0.4, -0.2) is 40.7 Å². The molecular weight excluding hydrogens is 368 g/mol. The monoisotopic (exact) mass is 384 g/mol. The van der Waals surface area contributed by atoms with Gasteiger partial charge in [0.2, 0.25) is 0 Å². The molecule has 0 radical (unpaired) electrons. The van der Waals surface area contributed by atoms with Gasteiger partial charge in [0.25, 0.3) is 5.56 Å². The predicted octanol–water partition coefficient (Wildman–Crippen LogP) is 2.10. The molecule has 1 atom stereocenters. The quantitative estimate of drug-likeness (QED) is 0.512. The minimum Gasteiger partial charge on any atom is -0.344 e. The van der Waals surface area contributed by atoms with E-state index >= 15 is 0 Å². The zero-order chi connectivity index (χ0) is 19.4. The van der Waals surface area contributed by atoms with E-state index in [0.717, 1.165) is 30.0 Å². The van der Waals surface area contributed by atoms with Gasteiger partial charge >= 0.3 is 0 Å². The van der Waals surface area contributed by atoms with Gasteiger partial charge in [-0.25, -0.2) is 19.5 Å². The van der Waals surface area contributed by atoms with Gasteiger partial charge in [-0.1, -0.05) is 18.2 Å². The fourth-order valence-corrected chi connectivity index (χ4v) is 3.92. The molecule has 0 unspecified atom stereocenters. The molecule has 9 nitrogen and oxygen atoms in total. The number of rotatable bonds is 3. The van der Waals surface area contributed by atoms with Crippen molar-refractivity contribution in [3.05, 3.63) is 77.5 Å². The van der Waals surface area contributed by atoms with Gasteiger partial charge in [0.15, 0.2) is 17.3 Å². The molecule has 1 aliphatic rings. The average Bonchev–Trinajstić information content (AvgIpc) is 3.38. The highest BCUT2D eigenvalue weighted by Crippen LogP contribution is 2.38. The van der Waals surface area contributed by atoms with E-state index < -0.39 is 0 Å². The number of aromatic amines is 1. The average molecular weight is 384 g/mol. The summed E-state index contributed by atoms with van der Waals surface area (Å²) in [6.07, 6.45) is 5.80. The van der Waals surface area contributed by atoms with E-state index in [1.54, 1.807) is 27.7 Å². The van der Waals surface area contributed by atoms with Crippen molar-refractivity contribution >= 4 is 22.5 Å². The Morgan fingerprint density at radius 3 is 2.76 bits per heavy atom. The largest absolute Gasteiger partial charge is 0.344 e. The molecule has 0 spiro atoms. The second-order valence-electron chi connectivity index (χ2n) is 6.97. The molecule has 1 saturated heterocycles. The highest BCUT2D eigenvalue weighted by atomic mass is 16.1. The number of anilines is 1. The number of H-pyrrole nitrogens is 1. The molecule has 1 aliphatic heterocycles. The molecule has 0 aliphatic carbocycles. The van der Waals surface area contributed by atoms with Gasteiger partial charge < -0.3 is 9.88 Å². The van der Waals surface area contributed by atoms with Crippen molar-refractivity contribution in [2.24, 2.45) is 0 Å². The van der Waals surface area contributed by atoms with Crippen molar-refractivity contribution in [3.8, 4) is 5.69 Å². The third-order valence-corrected chi connectivity index (χ3v) is 5.40. The van der Waals surface area contributed by atoms with Crippen LogP contribution in [-0.2, 0) is 0 Å². The molecule has 4 aromatic heterocycles. The molecule has 5 aromatic rings. The van der Waals surface area contributed by atoms with Crippen molar-refractivity contribution in [1.29, 1.82) is 0 Å². The maximum absolute atomic E-state index is 13.3. The molecule has 5 heterocycles. The van der Waals surface area contributed by atoms with Gasteiger partial charge in [0.05, 0.1) is 18.1 Å². The topological polar surface area (TPSA) is 97.0 Å². The zero-order valence-corrected chi connectivity index (χ0v) is 15.3. The lowest BCUT2D eigenvalue weighted by Crippen LogP contribution is -2.45. The SMILES string of the molecule is O=c1c2cccn2nc([C@@H]2CCN2c2ncnc3nc[nH]c23)n1-c1ccccc1. The molecule has 0 bridgehead atoms. The molecule has 6 rings (SSSR count). The summed E-state index contributed by atoms with van der Waals surface area (Å²) in [5.74, 6) is 1.45. The van der Waals surface area contributed by atoms with Crippen LogP contribution in [0.15, 0.2) is 66.1 Å². The maximum atomic E-state index is 13.3. The number of aromatic nitrogens is 7. The normalized spacial score (nSPS) is 16.4. The lowest BCUT2D eigenvalue weighted by Gasteiger charge is -2.41. The summed E-state index contributed by atoms with van der Waals surface area (Å²) in [6.45, 7) is 0.810. The number of hydrogen-bond acceptors (Lipinski definition) is 6. The van der Waals surface area contributed by atoms with E-state index in [0.29, 0.717) is 17.0 Å². The highest BCUT2D eigenvalue weighted by molar-refractivity contribution is 5.83. The van der Waals surface area contributed by atoms with Gasteiger partial charge in [-0.3, -0.25) is 9.36 Å². The number of para-hydroxylation sites is 1. The van der Waals surface area contributed by atoms with Crippen molar-refractivity contribution in [3.63, 3.8) is 0 Å². The van der Waals surface area contributed by atoms with Crippen LogP contribution in [0.5, 0.6) is 0 Å². The second-order valence-corrected chi connectivity index (χ2v) is 6.97. The van der Waals surface area contributed by atoms with E-state index in [2.05, 4.69) is 24.8 Å². The molecule has 1 aromatic carbocycles. The summed E-state index contributed by atoms with van der Waals surface area (Å²) >= 11 is 0. The number of fused-ring (bicyclic) bond motifs is 2. The fraction of sp³-hybridized carbons (Fsp3) is 0.150. The number of hydrogen-bond donors (Lipinski definition) is 1. The first kappa shape index (κ1) is 16.0. The van der Waals surface area contributed by atoms with Gasteiger partial charge in [0.1, 0.15) is 17.4 Å². The molecule has 1 fully saturated rings. The van der Waals surface area contributed by atoms with Crippen molar-refractivity contribution < 1.29 is 0 Å². The summed E-state index contributed by atoms with van der Waals surface area (Å²) in [5.41, 5.74) is 2.65. The molecule has 29 heavy (non-hydrogen) atoms. The smallest absolute Gasteiger partial charge is 0.282 e. The minimum absolute atomic E-state index is 0.0869. The van der Waals surface area contributed by atoms with Gasteiger partial charge in [0, 0.05) is 12.7 Å². The Hall–Kier alpha value is -4.01. The Labute approximate surface area is 164 Å². The zero-order valence-electron chi connectivity index (χ0n) is 15.3. The summed E-state index contributed by atoms with van der Waals surface area (Å²) in [4.78, 5) is 31.5. The van der Waals surface area contributed by atoms with Crippen LogP contribution in [0, 0.1) is 0 Å². The Bertz CT molecular complexity index is 1400. The Morgan fingerprint density at radius 1 is 1.03 bits per heavy atom. The number of benzene rings is 1. The summed E-state index contributed by atoms with van der Waals surface area (Å²) in [7, 11) is 0. The van der Waals surface area contributed by atoms with Crippen LogP contribution in [0.25, 0.3) is 22.4 Å². The van der Waals surface area contributed by atoms with E-state index in [-0.39, 0.29) is 11.6 Å². The number of imidazole rings is 1.